The third-order valence-corrected chi connectivity index (χ3v) is 2.88. The molecule has 5 heteroatoms. The molecule has 0 radical (unpaired) electrons. The quantitative estimate of drug-likeness (QED) is 0.871. The molecule has 18 heavy (non-hydrogen) atoms. The average Bonchev–Trinajstić information content (AvgIpc) is 2.84. The lowest BCUT2D eigenvalue weighted by atomic mass is 10.1. The lowest BCUT2D eigenvalue weighted by molar-refractivity contribution is 0.100. The molecule has 1 aromatic heterocycles. The number of carbonyl (C=O) groups is 1. The van der Waals surface area contributed by atoms with E-state index in [0.29, 0.717) is 23.7 Å². The summed E-state index contributed by atoms with van der Waals surface area (Å²) in [6.45, 7) is 1.22. The number of rotatable bonds is 5. The van der Waals surface area contributed by atoms with Crippen LogP contribution in [0.15, 0.2) is 41.0 Å². The van der Waals surface area contributed by atoms with Crippen molar-refractivity contribution in [1.29, 1.82) is 0 Å². The van der Waals surface area contributed by atoms with Gasteiger partial charge in [0, 0.05) is 17.1 Å². The van der Waals surface area contributed by atoms with Crippen molar-refractivity contribution in [3.05, 3.63) is 58.5 Å². The van der Waals surface area contributed by atoms with Crippen LogP contribution in [0, 0.1) is 0 Å². The van der Waals surface area contributed by atoms with Gasteiger partial charge in [0.2, 0.25) is 5.91 Å². The molecule has 0 saturated carbocycles. The fourth-order valence-electron chi connectivity index (χ4n) is 1.58. The molecule has 0 unspecified atom stereocenters. The minimum atomic E-state index is -0.480. The lowest BCUT2D eigenvalue weighted by Crippen LogP contribution is -2.14. The second-order valence-electron chi connectivity index (χ2n) is 3.85. The van der Waals surface area contributed by atoms with Gasteiger partial charge in [0.15, 0.2) is 0 Å². The molecule has 0 aliphatic heterocycles. The fraction of sp³-hybridized carbons (Fsp3) is 0.154. The largest absolute Gasteiger partial charge is 0.468 e. The molecule has 94 valence electrons. The minimum absolute atomic E-state index is 0.412. The molecule has 2 aromatic rings. The van der Waals surface area contributed by atoms with Gasteiger partial charge in [-0.25, -0.2) is 0 Å². The highest BCUT2D eigenvalue weighted by Gasteiger charge is 2.05. The minimum Gasteiger partial charge on any atom is -0.468 e. The molecule has 0 aliphatic rings. The second kappa shape index (κ2) is 5.71. The van der Waals surface area contributed by atoms with Gasteiger partial charge >= 0.3 is 0 Å². The van der Waals surface area contributed by atoms with Gasteiger partial charge in [0.25, 0.3) is 0 Å². The molecule has 0 saturated heterocycles. The Morgan fingerprint density at radius 1 is 1.33 bits per heavy atom. The van der Waals surface area contributed by atoms with Crippen LogP contribution in [0.3, 0.4) is 0 Å². The van der Waals surface area contributed by atoms with Gasteiger partial charge in [-0.2, -0.15) is 0 Å². The number of carbonyl (C=O) groups excluding carboxylic acids is 1. The van der Waals surface area contributed by atoms with Crippen LogP contribution in [-0.4, -0.2) is 5.91 Å². The molecule has 2 rings (SSSR count). The zero-order chi connectivity index (χ0) is 13.0. The smallest absolute Gasteiger partial charge is 0.248 e. The summed E-state index contributed by atoms with van der Waals surface area (Å²) in [6.07, 6.45) is 1.63. The molecule has 0 aliphatic carbocycles. The van der Waals surface area contributed by atoms with E-state index in [1.807, 2.05) is 12.1 Å². The van der Waals surface area contributed by atoms with E-state index in [0.717, 1.165) is 11.3 Å². The van der Waals surface area contributed by atoms with E-state index >= 15 is 0 Å². The Balaban J connectivity index is 1.95. The Labute approximate surface area is 110 Å². The van der Waals surface area contributed by atoms with Crippen molar-refractivity contribution in [2.24, 2.45) is 5.73 Å². The van der Waals surface area contributed by atoms with Crippen molar-refractivity contribution in [1.82, 2.24) is 5.32 Å². The van der Waals surface area contributed by atoms with Crippen molar-refractivity contribution in [2.75, 3.05) is 0 Å². The Morgan fingerprint density at radius 3 is 2.78 bits per heavy atom. The molecule has 3 N–H and O–H groups in total. The third-order valence-electron chi connectivity index (χ3n) is 2.53. The predicted molar refractivity (Wildman–Crippen MR) is 69.2 cm³/mol. The first-order valence-corrected chi connectivity index (χ1v) is 5.86. The maximum absolute atomic E-state index is 11.0. The topological polar surface area (TPSA) is 68.3 Å². The Hall–Kier alpha value is -1.78. The predicted octanol–water partition coefficient (Wildman–Crippen LogP) is 2.32. The third kappa shape index (κ3) is 3.12. The molecule has 0 fully saturated rings. The van der Waals surface area contributed by atoms with Crippen LogP contribution >= 0.6 is 11.6 Å². The molecule has 1 heterocycles. The molecule has 0 atom stereocenters. The number of hydrogen-bond acceptors (Lipinski definition) is 3. The number of furan rings is 1. The summed E-state index contributed by atoms with van der Waals surface area (Å²) in [5.41, 5.74) is 6.49. The number of benzene rings is 1. The Bertz CT molecular complexity index is 538. The van der Waals surface area contributed by atoms with Gasteiger partial charge < -0.3 is 15.5 Å². The van der Waals surface area contributed by atoms with Crippen molar-refractivity contribution in [2.45, 2.75) is 13.1 Å². The maximum atomic E-state index is 11.0. The monoisotopic (exact) mass is 264 g/mol. The van der Waals surface area contributed by atoms with Crippen LogP contribution < -0.4 is 11.1 Å². The van der Waals surface area contributed by atoms with Gasteiger partial charge in [-0.1, -0.05) is 17.7 Å². The van der Waals surface area contributed by atoms with Crippen LogP contribution in [0.1, 0.15) is 21.7 Å². The zero-order valence-electron chi connectivity index (χ0n) is 9.65. The molecule has 4 nitrogen and oxygen atoms in total. The molecular weight excluding hydrogens is 252 g/mol. The van der Waals surface area contributed by atoms with Crippen molar-refractivity contribution in [3.8, 4) is 0 Å². The van der Waals surface area contributed by atoms with E-state index in [-0.39, 0.29) is 0 Å². The summed E-state index contributed by atoms with van der Waals surface area (Å²) in [4.78, 5) is 11.0. The SMILES string of the molecule is NC(=O)c1ccc(CNCc2ccco2)c(Cl)c1. The van der Waals surface area contributed by atoms with Crippen LogP contribution in [0.2, 0.25) is 5.02 Å². The van der Waals surface area contributed by atoms with Crippen LogP contribution in [0.25, 0.3) is 0 Å². The molecule has 0 spiro atoms. The number of amides is 1. The van der Waals surface area contributed by atoms with Gasteiger partial charge in [-0.15, -0.1) is 0 Å². The zero-order valence-corrected chi connectivity index (χ0v) is 10.4. The summed E-state index contributed by atoms with van der Waals surface area (Å²) in [5.74, 6) is 0.381. The van der Waals surface area contributed by atoms with Gasteiger partial charge in [-0.3, -0.25) is 4.79 Å². The number of halogens is 1. The first kappa shape index (κ1) is 12.7. The maximum Gasteiger partial charge on any atom is 0.248 e. The van der Waals surface area contributed by atoms with Crippen molar-refractivity contribution in [3.63, 3.8) is 0 Å². The van der Waals surface area contributed by atoms with Crippen LogP contribution in [-0.2, 0) is 13.1 Å². The van der Waals surface area contributed by atoms with Crippen LogP contribution in [0.5, 0.6) is 0 Å². The standard InChI is InChI=1S/C13H13ClN2O2/c14-12-6-9(13(15)17)3-4-10(12)7-16-8-11-2-1-5-18-11/h1-6,16H,7-8H2,(H2,15,17). The van der Waals surface area contributed by atoms with Gasteiger partial charge in [0.1, 0.15) is 5.76 Å². The number of primary amides is 1. The Kier molecular flexibility index (Phi) is 4.02. The van der Waals surface area contributed by atoms with Crippen molar-refractivity contribution >= 4 is 17.5 Å². The normalized spacial score (nSPS) is 10.5. The molecule has 0 bridgehead atoms. The van der Waals surface area contributed by atoms with E-state index in [9.17, 15) is 4.79 Å². The van der Waals surface area contributed by atoms with E-state index in [4.69, 9.17) is 21.8 Å². The van der Waals surface area contributed by atoms with E-state index in [1.54, 1.807) is 24.5 Å². The summed E-state index contributed by atoms with van der Waals surface area (Å²) in [5, 5.41) is 3.73. The van der Waals surface area contributed by atoms with Crippen molar-refractivity contribution < 1.29 is 9.21 Å². The fourth-order valence-corrected chi connectivity index (χ4v) is 1.82. The average molecular weight is 265 g/mol. The molecule has 1 aromatic carbocycles. The second-order valence-corrected chi connectivity index (χ2v) is 4.26. The molecule has 1 amide bonds. The number of hydrogen-bond donors (Lipinski definition) is 2. The van der Waals surface area contributed by atoms with E-state index < -0.39 is 5.91 Å². The molecular formula is C13H13ClN2O2. The highest BCUT2D eigenvalue weighted by Crippen LogP contribution is 2.17. The number of nitrogens with one attached hydrogen (secondary N) is 1. The summed E-state index contributed by atoms with van der Waals surface area (Å²) in [6, 6.07) is 8.76. The Morgan fingerprint density at radius 2 is 2.17 bits per heavy atom. The highest BCUT2D eigenvalue weighted by atomic mass is 35.5. The van der Waals surface area contributed by atoms with Crippen LogP contribution in [0.4, 0.5) is 0 Å². The first-order valence-electron chi connectivity index (χ1n) is 5.48. The van der Waals surface area contributed by atoms with Gasteiger partial charge in [-0.05, 0) is 29.8 Å². The lowest BCUT2D eigenvalue weighted by Gasteiger charge is -2.06. The highest BCUT2D eigenvalue weighted by molar-refractivity contribution is 6.31. The summed E-state index contributed by atoms with van der Waals surface area (Å²) in [7, 11) is 0. The summed E-state index contributed by atoms with van der Waals surface area (Å²) < 4.78 is 5.20. The van der Waals surface area contributed by atoms with E-state index in [1.165, 1.54) is 0 Å². The van der Waals surface area contributed by atoms with Gasteiger partial charge in [0.05, 0.1) is 12.8 Å². The summed E-state index contributed by atoms with van der Waals surface area (Å²) >= 11 is 6.06. The first-order chi connectivity index (χ1) is 8.66. The number of nitrogens with two attached hydrogens (primary N) is 1. The van der Waals surface area contributed by atoms with E-state index in [2.05, 4.69) is 5.32 Å².